The first-order chi connectivity index (χ1) is 33.3. The molecule has 6 aromatic rings. The number of hydrogen-bond acceptors (Lipinski definition) is 24. The number of hydrogen-bond donors (Lipinski definition) is 12. The van der Waals surface area contributed by atoms with E-state index >= 15 is 0 Å². The molecule has 2 aromatic heterocycles. The summed E-state index contributed by atoms with van der Waals surface area (Å²) in [5.41, 5.74) is -1.26. The molecule has 30 nitrogen and oxygen atoms in total. The van der Waals surface area contributed by atoms with E-state index in [1.807, 2.05) is 0 Å². The highest BCUT2D eigenvalue weighted by molar-refractivity contribution is 7.87. The lowest BCUT2D eigenvalue weighted by Crippen LogP contribution is -2.17. The average molecular weight is 1120 g/mol. The van der Waals surface area contributed by atoms with Gasteiger partial charge in [0.1, 0.15) is 14.7 Å². The lowest BCUT2D eigenvalue weighted by molar-refractivity contribution is 0.479. The van der Waals surface area contributed by atoms with Crippen molar-refractivity contribution in [1.29, 1.82) is 0 Å². The monoisotopic (exact) mass is 1120 g/mol. The van der Waals surface area contributed by atoms with Crippen molar-refractivity contribution in [2.24, 2.45) is 0 Å². The minimum atomic E-state index is -5.14. The van der Waals surface area contributed by atoms with E-state index in [0.717, 1.165) is 42.5 Å². The van der Waals surface area contributed by atoms with Crippen LogP contribution < -0.4 is 31.9 Å². The van der Waals surface area contributed by atoms with Gasteiger partial charge in [-0.15, -0.1) is 0 Å². The molecule has 0 saturated heterocycles. The van der Waals surface area contributed by atoms with Gasteiger partial charge in [0, 0.05) is 30.2 Å². The summed E-state index contributed by atoms with van der Waals surface area (Å²) >= 11 is 0. The quantitative estimate of drug-likeness (QED) is 0.0364. The Balaban J connectivity index is 1.32. The summed E-state index contributed by atoms with van der Waals surface area (Å²) in [5, 5.41) is 15.7. The summed E-state index contributed by atoms with van der Waals surface area (Å²) in [7, 11) is -29.3. The predicted molar refractivity (Wildman–Crippen MR) is 256 cm³/mol. The highest BCUT2D eigenvalue weighted by Gasteiger charge is 2.23. The summed E-state index contributed by atoms with van der Waals surface area (Å²) in [6.45, 7) is 1.52. The van der Waals surface area contributed by atoms with Crippen LogP contribution in [0.1, 0.15) is 18.1 Å². The van der Waals surface area contributed by atoms with Gasteiger partial charge in [-0.05, 0) is 78.7 Å². The normalized spacial score (nSPS) is 12.6. The van der Waals surface area contributed by atoms with Crippen molar-refractivity contribution in [3.05, 3.63) is 90.0 Å². The van der Waals surface area contributed by atoms with Gasteiger partial charge in [0.2, 0.25) is 35.7 Å². The van der Waals surface area contributed by atoms with Gasteiger partial charge in [0.05, 0.1) is 21.2 Å². The molecule has 0 unspecified atom stereocenters. The minimum Gasteiger partial charge on any atom is -0.354 e. The van der Waals surface area contributed by atoms with Gasteiger partial charge in [0.25, 0.3) is 60.7 Å². The summed E-state index contributed by atoms with van der Waals surface area (Å²) < 4.78 is 203. The first-order valence-electron chi connectivity index (χ1n) is 19.4. The number of nitrogens with one attached hydrogen (secondary N) is 6. The van der Waals surface area contributed by atoms with Crippen LogP contribution in [-0.2, 0) is 60.7 Å². The van der Waals surface area contributed by atoms with Gasteiger partial charge in [-0.3, -0.25) is 27.3 Å². The second kappa shape index (κ2) is 20.9. The second-order valence-electron chi connectivity index (χ2n) is 14.3. The molecule has 72 heavy (non-hydrogen) atoms. The fraction of sp³-hybridized carbons (Fsp3) is 0.111. The van der Waals surface area contributed by atoms with Crippen LogP contribution >= 0.6 is 0 Å². The van der Waals surface area contributed by atoms with Gasteiger partial charge in [-0.25, -0.2) is 0 Å². The molecule has 6 rings (SSSR count). The van der Waals surface area contributed by atoms with Crippen LogP contribution in [0.4, 0.5) is 58.4 Å². The molecule has 0 bridgehead atoms. The Kier molecular flexibility index (Phi) is 15.8. The van der Waals surface area contributed by atoms with Gasteiger partial charge in [-0.2, -0.15) is 80.4 Å². The van der Waals surface area contributed by atoms with E-state index in [0.29, 0.717) is 24.7 Å². The van der Waals surface area contributed by atoms with Crippen LogP contribution in [0, 0.1) is 0 Å². The molecular formula is C36H36N12O18S6. The lowest BCUT2D eigenvalue weighted by Gasteiger charge is -2.14. The Hall–Kier alpha value is -7.10. The highest BCUT2D eigenvalue weighted by atomic mass is 32.2. The molecule has 36 heteroatoms. The predicted octanol–water partition coefficient (Wildman–Crippen LogP) is 3.17. The smallest absolute Gasteiger partial charge is 0.296 e. The Labute approximate surface area is 409 Å². The summed E-state index contributed by atoms with van der Waals surface area (Å²) in [6, 6.07) is 13.6. The highest BCUT2D eigenvalue weighted by Crippen LogP contribution is 2.31. The molecule has 384 valence electrons. The first-order valence-corrected chi connectivity index (χ1v) is 28.3. The maximum Gasteiger partial charge on any atom is 0.296 e. The van der Waals surface area contributed by atoms with Gasteiger partial charge < -0.3 is 31.9 Å². The van der Waals surface area contributed by atoms with Crippen molar-refractivity contribution in [2.75, 3.05) is 50.7 Å². The molecule has 0 aliphatic carbocycles. The molecule has 0 atom stereocenters. The first kappa shape index (κ1) is 54.2. The topological polar surface area (TPSA) is 476 Å². The van der Waals surface area contributed by atoms with E-state index < -0.39 is 121 Å². The zero-order valence-electron chi connectivity index (χ0n) is 36.0. The van der Waals surface area contributed by atoms with Crippen LogP contribution in [0.15, 0.2) is 103 Å². The molecule has 0 aliphatic heterocycles. The Bertz CT molecular complexity index is 3830. The number of aromatic nitrogens is 6. The van der Waals surface area contributed by atoms with Crippen molar-refractivity contribution in [2.45, 2.75) is 31.4 Å². The minimum absolute atomic E-state index is 0.0125. The molecular weight excluding hydrogens is 1080 g/mol. The Morgan fingerprint density at radius 2 is 0.847 bits per heavy atom. The van der Waals surface area contributed by atoms with Crippen molar-refractivity contribution in [3.63, 3.8) is 0 Å². The van der Waals surface area contributed by atoms with Crippen LogP contribution in [0.25, 0.3) is 12.2 Å². The third-order valence-electron chi connectivity index (χ3n) is 8.95. The Morgan fingerprint density at radius 1 is 0.431 bits per heavy atom. The zero-order valence-corrected chi connectivity index (χ0v) is 40.9. The standard InChI is InChI=1S/C36H36N12O18S6/c1-2-37-31-43-33(39-22-4-3-5-25(16-22)68(52,53)54)47-34(44-31)40-23-10-8-20(29(17-23)71(61,62)63)6-7-21-9-11-24(18-30(21)72(64,65)66)41-35-45-32(38-14-15-67(49,50)51)46-36(48-35)42-27-19-26(69(55,56)57)12-13-28(27)70(58,59)60/h3-13,16-19H,2,14-15H2,1H3,(H,49,50,51)(H,52,53,54)(H,55,56,57)(H,58,59,60)(H,61,62,63)(H,64,65,66)(H3,37,39,40,43,44,47)(H3,38,41,42,45,46,48)/b7-6+. The summed E-state index contributed by atoms with van der Waals surface area (Å²) in [5.74, 6) is -2.88. The molecule has 0 fully saturated rings. The summed E-state index contributed by atoms with van der Waals surface area (Å²) in [4.78, 5) is 20.8. The summed E-state index contributed by atoms with van der Waals surface area (Å²) in [6.07, 6.45) is 2.13. The fourth-order valence-corrected chi connectivity index (χ4v) is 9.38. The Morgan fingerprint density at radius 3 is 1.28 bits per heavy atom. The third-order valence-corrected chi connectivity index (χ3v) is 14.1. The molecule has 0 spiro atoms. The van der Waals surface area contributed by atoms with E-state index in [9.17, 15) is 73.3 Å². The van der Waals surface area contributed by atoms with E-state index in [1.165, 1.54) is 30.3 Å². The molecule has 0 amide bonds. The van der Waals surface area contributed by atoms with E-state index in [4.69, 9.17) is 4.55 Å². The maximum atomic E-state index is 12.7. The fourth-order valence-electron chi connectivity index (χ4n) is 5.94. The van der Waals surface area contributed by atoms with Crippen molar-refractivity contribution in [1.82, 2.24) is 29.9 Å². The van der Waals surface area contributed by atoms with E-state index in [1.54, 1.807) is 6.92 Å². The molecule has 0 saturated carbocycles. The van der Waals surface area contributed by atoms with Crippen LogP contribution in [-0.4, -0.2) is 127 Å². The lowest BCUT2D eigenvalue weighted by atomic mass is 10.1. The SMILES string of the molecule is CCNc1nc(Nc2cccc(S(=O)(=O)O)c2)nc(Nc2ccc(/C=C/c3ccc(Nc4nc(NCCS(=O)(=O)O)nc(Nc5cc(S(=O)(=O)O)ccc5S(=O)(=O)O)n4)cc3S(=O)(=O)O)c(S(=O)(=O)O)c2)n1. The van der Waals surface area contributed by atoms with Crippen molar-refractivity contribution < 1.29 is 77.8 Å². The molecule has 2 heterocycles. The van der Waals surface area contributed by atoms with Crippen molar-refractivity contribution >= 4 is 131 Å². The van der Waals surface area contributed by atoms with Crippen LogP contribution in [0.2, 0.25) is 0 Å². The van der Waals surface area contributed by atoms with Gasteiger partial charge >= 0.3 is 0 Å². The average Bonchev–Trinajstić information content (AvgIpc) is 3.24. The molecule has 0 radical (unpaired) electrons. The molecule has 4 aromatic carbocycles. The van der Waals surface area contributed by atoms with E-state index in [2.05, 4.69) is 61.8 Å². The second-order valence-corrected chi connectivity index (χ2v) is 22.8. The third kappa shape index (κ3) is 15.0. The van der Waals surface area contributed by atoms with Crippen molar-refractivity contribution in [3.8, 4) is 0 Å². The number of nitrogens with zero attached hydrogens (tertiary/aromatic N) is 6. The van der Waals surface area contributed by atoms with Crippen LogP contribution in [0.3, 0.4) is 0 Å². The van der Waals surface area contributed by atoms with Gasteiger partial charge in [-0.1, -0.05) is 30.4 Å². The largest absolute Gasteiger partial charge is 0.354 e. The zero-order chi connectivity index (χ0) is 53.0. The maximum absolute atomic E-state index is 12.7. The van der Waals surface area contributed by atoms with Gasteiger partial charge in [0.15, 0.2) is 0 Å². The number of rotatable bonds is 21. The number of benzene rings is 4. The molecule has 12 N–H and O–H groups in total. The number of anilines is 10. The molecule has 0 aliphatic rings. The van der Waals surface area contributed by atoms with E-state index in [-0.39, 0.29) is 46.0 Å². The van der Waals surface area contributed by atoms with Crippen LogP contribution in [0.5, 0.6) is 0 Å².